The molecule has 0 radical (unpaired) electrons. The molecule has 0 amide bonds. The average Bonchev–Trinajstić information content (AvgIpc) is 2.36. The van der Waals surface area contributed by atoms with Crippen LogP contribution in [0.1, 0.15) is 26.7 Å². The van der Waals surface area contributed by atoms with Gasteiger partial charge in [0, 0.05) is 11.6 Å². The number of carbonyl (C=O) groups is 2. The molecule has 4 heteroatoms. The summed E-state index contributed by atoms with van der Waals surface area (Å²) in [6.45, 7) is 14.5. The van der Waals surface area contributed by atoms with Crippen molar-refractivity contribution in [3.05, 3.63) is 37.5 Å². The zero-order chi connectivity index (χ0) is 14.4. The van der Waals surface area contributed by atoms with Crippen LogP contribution in [0.25, 0.3) is 0 Å². The van der Waals surface area contributed by atoms with Gasteiger partial charge in [0.15, 0.2) is 0 Å². The molecular weight excluding hydrogens is 232 g/mol. The molecule has 0 bridgehead atoms. The summed E-state index contributed by atoms with van der Waals surface area (Å²) in [4.78, 5) is 20.9. The van der Waals surface area contributed by atoms with Crippen molar-refractivity contribution in [1.29, 1.82) is 0 Å². The van der Waals surface area contributed by atoms with Crippen LogP contribution in [0.2, 0.25) is 0 Å². The van der Waals surface area contributed by atoms with Gasteiger partial charge in [-0.2, -0.15) is 0 Å². The summed E-state index contributed by atoms with van der Waals surface area (Å²) in [6.07, 6.45) is 4.67. The summed E-state index contributed by atoms with van der Waals surface area (Å²) in [5.41, 5.74) is 0.414. The molecule has 0 aliphatic rings. The molecule has 0 aromatic heterocycles. The predicted octanol–water partition coefficient (Wildman–Crippen LogP) is 2.81. The Morgan fingerprint density at radius 3 is 2.22 bits per heavy atom. The molecule has 18 heavy (non-hydrogen) atoms. The zero-order valence-electron chi connectivity index (χ0n) is 11.2. The van der Waals surface area contributed by atoms with Crippen LogP contribution in [0, 0.1) is 0 Å². The van der Waals surface area contributed by atoms with Crippen LogP contribution >= 0.6 is 0 Å². The lowest BCUT2D eigenvalue weighted by Gasteiger charge is -1.97. The molecule has 0 atom stereocenters. The monoisotopic (exact) mass is 254 g/mol. The van der Waals surface area contributed by atoms with E-state index in [1.54, 1.807) is 6.92 Å². The maximum atomic E-state index is 10.5. The predicted molar refractivity (Wildman–Crippen MR) is 72.0 cm³/mol. The highest BCUT2D eigenvalue weighted by Crippen LogP contribution is 1.90. The Hall–Kier alpha value is -1.84. The van der Waals surface area contributed by atoms with E-state index in [1.807, 2.05) is 6.92 Å². The van der Waals surface area contributed by atoms with Crippen molar-refractivity contribution in [1.82, 2.24) is 0 Å². The van der Waals surface area contributed by atoms with E-state index < -0.39 is 0 Å². The normalized spacial score (nSPS) is 8.33. The summed E-state index contributed by atoms with van der Waals surface area (Å²) in [7, 11) is 0. The van der Waals surface area contributed by atoms with E-state index >= 15 is 0 Å². The van der Waals surface area contributed by atoms with Crippen LogP contribution in [-0.4, -0.2) is 25.2 Å². The van der Waals surface area contributed by atoms with Gasteiger partial charge >= 0.3 is 11.9 Å². The molecule has 0 unspecified atom stereocenters. The van der Waals surface area contributed by atoms with E-state index in [9.17, 15) is 9.59 Å². The molecule has 0 spiro atoms. The van der Waals surface area contributed by atoms with Gasteiger partial charge in [-0.05, 0) is 13.3 Å². The smallest absolute Gasteiger partial charge is 0.333 e. The number of rotatable bonds is 7. The van der Waals surface area contributed by atoms with Crippen molar-refractivity contribution in [3.8, 4) is 0 Å². The molecule has 0 heterocycles. The molecule has 102 valence electrons. The van der Waals surface area contributed by atoms with Crippen LogP contribution in [0.15, 0.2) is 37.5 Å². The van der Waals surface area contributed by atoms with Gasteiger partial charge in [0.2, 0.25) is 0 Å². The minimum absolute atomic E-state index is 0.256. The number of carbonyl (C=O) groups excluding carboxylic acids is 2. The second-order valence-corrected chi connectivity index (χ2v) is 3.39. The summed E-state index contributed by atoms with van der Waals surface area (Å²) < 4.78 is 9.27. The Bertz CT molecular complexity index is 292. The first kappa shape index (κ1) is 18.5. The van der Waals surface area contributed by atoms with Gasteiger partial charge < -0.3 is 9.47 Å². The second kappa shape index (κ2) is 13.2. The van der Waals surface area contributed by atoms with Gasteiger partial charge in [-0.25, -0.2) is 9.59 Å². The third-order valence-corrected chi connectivity index (χ3v) is 1.59. The molecule has 0 aliphatic carbocycles. The molecule has 0 rings (SSSR count). The van der Waals surface area contributed by atoms with Gasteiger partial charge in [-0.15, -0.1) is 0 Å². The Morgan fingerprint density at radius 1 is 1.22 bits per heavy atom. The average molecular weight is 254 g/mol. The number of hydrogen-bond donors (Lipinski definition) is 0. The van der Waals surface area contributed by atoms with E-state index in [0.717, 1.165) is 12.8 Å². The summed E-state index contributed by atoms with van der Waals surface area (Å²) >= 11 is 0. The van der Waals surface area contributed by atoms with Gasteiger partial charge in [0.1, 0.15) is 6.61 Å². The SMILES string of the molecule is C=CC(=O)OCCCC.C=CCOC(=O)C(=C)C. The van der Waals surface area contributed by atoms with Gasteiger partial charge in [0.25, 0.3) is 0 Å². The molecule has 0 saturated carbocycles. The summed E-state index contributed by atoms with van der Waals surface area (Å²) in [6, 6.07) is 0. The third kappa shape index (κ3) is 14.2. The van der Waals surface area contributed by atoms with Gasteiger partial charge in [0.05, 0.1) is 6.61 Å². The number of esters is 2. The zero-order valence-corrected chi connectivity index (χ0v) is 11.2. The van der Waals surface area contributed by atoms with Crippen LogP contribution < -0.4 is 0 Å². The van der Waals surface area contributed by atoms with Gasteiger partial charge in [-0.3, -0.25) is 0 Å². The fourth-order valence-electron chi connectivity index (χ4n) is 0.634. The maximum absolute atomic E-state index is 10.5. The van der Waals surface area contributed by atoms with E-state index in [-0.39, 0.29) is 18.5 Å². The highest BCUT2D eigenvalue weighted by atomic mass is 16.5. The Balaban J connectivity index is 0. The van der Waals surface area contributed by atoms with Crippen LogP contribution in [-0.2, 0) is 19.1 Å². The van der Waals surface area contributed by atoms with E-state index in [1.165, 1.54) is 12.2 Å². The maximum Gasteiger partial charge on any atom is 0.333 e. The van der Waals surface area contributed by atoms with Crippen molar-refractivity contribution in [2.24, 2.45) is 0 Å². The van der Waals surface area contributed by atoms with Gasteiger partial charge in [-0.1, -0.05) is 39.2 Å². The van der Waals surface area contributed by atoms with E-state index in [4.69, 9.17) is 0 Å². The Kier molecular flexibility index (Phi) is 13.6. The van der Waals surface area contributed by atoms with E-state index in [0.29, 0.717) is 12.2 Å². The molecule has 0 fully saturated rings. The number of ether oxygens (including phenoxy) is 2. The lowest BCUT2D eigenvalue weighted by Crippen LogP contribution is -2.03. The topological polar surface area (TPSA) is 52.6 Å². The molecule has 0 saturated heterocycles. The number of unbranched alkanes of at least 4 members (excludes halogenated alkanes) is 1. The summed E-state index contributed by atoms with van der Waals surface area (Å²) in [5.74, 6) is -0.696. The molecular formula is C14H22O4. The first-order valence-electron chi connectivity index (χ1n) is 5.72. The molecule has 4 nitrogen and oxygen atoms in total. The first-order valence-corrected chi connectivity index (χ1v) is 5.72. The van der Waals surface area contributed by atoms with Crippen molar-refractivity contribution in [3.63, 3.8) is 0 Å². The standard InChI is InChI=1S/C7H10O2.C7H12O2/c1-4-5-9-7(8)6(2)3;1-3-5-6-9-7(8)4-2/h4H,1-2,5H2,3H3;4H,2-3,5-6H2,1H3. The second-order valence-electron chi connectivity index (χ2n) is 3.39. The minimum atomic E-state index is -0.366. The van der Waals surface area contributed by atoms with Crippen LogP contribution in [0.3, 0.4) is 0 Å². The third-order valence-electron chi connectivity index (χ3n) is 1.59. The Morgan fingerprint density at radius 2 is 1.83 bits per heavy atom. The minimum Gasteiger partial charge on any atom is -0.463 e. The molecule has 0 N–H and O–H groups in total. The largest absolute Gasteiger partial charge is 0.463 e. The summed E-state index contributed by atoms with van der Waals surface area (Å²) in [5, 5.41) is 0. The van der Waals surface area contributed by atoms with E-state index in [2.05, 4.69) is 29.2 Å². The Labute approximate surface area is 109 Å². The van der Waals surface area contributed by atoms with Crippen molar-refractivity contribution in [2.45, 2.75) is 26.7 Å². The fraction of sp³-hybridized carbons (Fsp3) is 0.429. The van der Waals surface area contributed by atoms with Crippen LogP contribution in [0.5, 0.6) is 0 Å². The first-order chi connectivity index (χ1) is 8.49. The fourth-order valence-corrected chi connectivity index (χ4v) is 0.634. The highest BCUT2D eigenvalue weighted by molar-refractivity contribution is 5.86. The van der Waals surface area contributed by atoms with Crippen molar-refractivity contribution in [2.75, 3.05) is 13.2 Å². The highest BCUT2D eigenvalue weighted by Gasteiger charge is 1.98. The van der Waals surface area contributed by atoms with Crippen molar-refractivity contribution >= 4 is 11.9 Å². The van der Waals surface area contributed by atoms with Crippen LogP contribution in [0.4, 0.5) is 0 Å². The van der Waals surface area contributed by atoms with Crippen molar-refractivity contribution < 1.29 is 19.1 Å². The molecule has 0 aromatic rings. The molecule has 0 aliphatic heterocycles. The lowest BCUT2D eigenvalue weighted by atomic mass is 10.4. The quantitative estimate of drug-likeness (QED) is 0.303. The number of hydrogen-bond acceptors (Lipinski definition) is 4. The molecule has 0 aromatic carbocycles. The lowest BCUT2D eigenvalue weighted by molar-refractivity contribution is -0.138.